The standard InChI is InChI=1S/C17H19F4N3O4S/c1-3-5-27-11-6-13(29(25,26)4-2)15(24-7-11)12-8-23-14(9-22-12)28-10-17(20,21)16(18)19/h6-9,16H,3-5,10H2,1-2H3. The first kappa shape index (κ1) is 22.8. The van der Waals surface area contributed by atoms with Crippen molar-refractivity contribution in [3.8, 4) is 23.0 Å². The summed E-state index contributed by atoms with van der Waals surface area (Å²) in [6.45, 7) is 2.16. The first-order chi connectivity index (χ1) is 13.6. The van der Waals surface area contributed by atoms with Crippen molar-refractivity contribution in [2.45, 2.75) is 37.5 Å². The number of pyridine rings is 1. The van der Waals surface area contributed by atoms with Gasteiger partial charge in [-0.2, -0.15) is 8.78 Å². The van der Waals surface area contributed by atoms with Crippen LogP contribution in [0.5, 0.6) is 11.6 Å². The van der Waals surface area contributed by atoms with Crippen LogP contribution in [0.15, 0.2) is 29.6 Å². The van der Waals surface area contributed by atoms with Crippen LogP contribution in [0.3, 0.4) is 0 Å². The summed E-state index contributed by atoms with van der Waals surface area (Å²) in [5, 5.41) is 0. The monoisotopic (exact) mass is 437 g/mol. The lowest BCUT2D eigenvalue weighted by atomic mass is 10.3. The van der Waals surface area contributed by atoms with Gasteiger partial charge in [0.2, 0.25) is 5.88 Å². The molecule has 0 bridgehead atoms. The van der Waals surface area contributed by atoms with Crippen LogP contribution in [0.25, 0.3) is 11.4 Å². The molecule has 0 aliphatic carbocycles. The third kappa shape index (κ3) is 5.75. The number of nitrogens with zero attached hydrogens (tertiary/aromatic N) is 3. The van der Waals surface area contributed by atoms with Gasteiger partial charge in [-0.05, 0) is 6.42 Å². The first-order valence-electron chi connectivity index (χ1n) is 8.57. The predicted molar refractivity (Wildman–Crippen MR) is 95.2 cm³/mol. The van der Waals surface area contributed by atoms with Crippen molar-refractivity contribution in [3.63, 3.8) is 0 Å². The summed E-state index contributed by atoms with van der Waals surface area (Å²) in [4.78, 5) is 11.6. The number of ether oxygens (including phenoxy) is 2. The molecule has 0 spiro atoms. The van der Waals surface area contributed by atoms with Crippen LogP contribution in [0.1, 0.15) is 20.3 Å². The zero-order chi connectivity index (χ0) is 21.7. The van der Waals surface area contributed by atoms with E-state index < -0.39 is 34.7 Å². The van der Waals surface area contributed by atoms with E-state index in [0.717, 1.165) is 18.8 Å². The molecular formula is C17H19F4N3O4S. The van der Waals surface area contributed by atoms with E-state index in [-0.39, 0.29) is 27.8 Å². The molecule has 160 valence electrons. The summed E-state index contributed by atoms with van der Waals surface area (Å²) in [5.41, 5.74) is 0.0275. The minimum Gasteiger partial charge on any atom is -0.492 e. The van der Waals surface area contributed by atoms with Gasteiger partial charge >= 0.3 is 12.3 Å². The Hall–Kier alpha value is -2.50. The summed E-state index contributed by atoms with van der Waals surface area (Å²) in [6.07, 6.45) is 0.139. The molecule has 7 nitrogen and oxygen atoms in total. The van der Waals surface area contributed by atoms with Crippen LogP contribution in [0, 0.1) is 0 Å². The normalized spacial score (nSPS) is 12.2. The minimum atomic E-state index is -4.33. The lowest BCUT2D eigenvalue weighted by Crippen LogP contribution is -2.33. The molecule has 12 heteroatoms. The Morgan fingerprint density at radius 2 is 1.79 bits per heavy atom. The number of halogens is 4. The fraction of sp³-hybridized carbons (Fsp3) is 0.471. The van der Waals surface area contributed by atoms with Crippen LogP contribution >= 0.6 is 0 Å². The summed E-state index contributed by atoms with van der Waals surface area (Å²) >= 11 is 0. The van der Waals surface area contributed by atoms with Gasteiger partial charge in [-0.1, -0.05) is 13.8 Å². The number of alkyl halides is 4. The molecule has 0 aromatic carbocycles. The van der Waals surface area contributed by atoms with Crippen molar-refractivity contribution in [2.24, 2.45) is 0 Å². The molecule has 2 rings (SSSR count). The van der Waals surface area contributed by atoms with Gasteiger partial charge in [-0.25, -0.2) is 32.2 Å². The van der Waals surface area contributed by atoms with Crippen molar-refractivity contribution in [1.82, 2.24) is 15.0 Å². The van der Waals surface area contributed by atoms with Gasteiger partial charge in [0.15, 0.2) is 16.4 Å². The molecule has 0 unspecified atom stereocenters. The van der Waals surface area contributed by atoms with Crippen molar-refractivity contribution in [2.75, 3.05) is 19.0 Å². The Morgan fingerprint density at radius 3 is 2.34 bits per heavy atom. The summed E-state index contributed by atoms with van der Waals surface area (Å²) in [6, 6.07) is 1.33. The number of rotatable bonds is 10. The molecule has 2 heterocycles. The molecule has 0 aliphatic rings. The summed E-state index contributed by atoms with van der Waals surface area (Å²) in [7, 11) is -3.70. The molecule has 0 amide bonds. The molecule has 0 N–H and O–H groups in total. The maximum atomic E-state index is 12.9. The Balaban J connectivity index is 2.31. The van der Waals surface area contributed by atoms with E-state index in [1.807, 2.05) is 6.92 Å². The highest BCUT2D eigenvalue weighted by atomic mass is 32.2. The third-order valence-corrected chi connectivity index (χ3v) is 5.36. The number of hydrogen-bond acceptors (Lipinski definition) is 7. The molecule has 2 aromatic heterocycles. The molecular weight excluding hydrogens is 418 g/mol. The largest absolute Gasteiger partial charge is 0.492 e. The fourth-order valence-electron chi connectivity index (χ4n) is 2.06. The van der Waals surface area contributed by atoms with Crippen molar-refractivity contribution in [3.05, 3.63) is 24.7 Å². The van der Waals surface area contributed by atoms with E-state index >= 15 is 0 Å². The lowest BCUT2D eigenvalue weighted by molar-refractivity contribution is -0.148. The second-order valence-corrected chi connectivity index (χ2v) is 8.11. The van der Waals surface area contributed by atoms with Gasteiger partial charge in [-0.3, -0.25) is 0 Å². The van der Waals surface area contributed by atoms with Gasteiger partial charge in [0.05, 0.1) is 35.8 Å². The topological polar surface area (TPSA) is 91.3 Å². The van der Waals surface area contributed by atoms with Crippen molar-refractivity contribution in [1.29, 1.82) is 0 Å². The number of aromatic nitrogens is 3. The van der Waals surface area contributed by atoms with E-state index in [9.17, 15) is 26.0 Å². The van der Waals surface area contributed by atoms with Crippen LogP contribution < -0.4 is 9.47 Å². The predicted octanol–water partition coefficient (Wildman–Crippen LogP) is 3.40. The second kappa shape index (κ2) is 9.33. The smallest absolute Gasteiger partial charge is 0.340 e. The highest BCUT2D eigenvalue weighted by molar-refractivity contribution is 7.91. The van der Waals surface area contributed by atoms with E-state index in [2.05, 4.69) is 19.7 Å². The van der Waals surface area contributed by atoms with E-state index in [1.54, 1.807) is 0 Å². The fourth-order valence-corrected chi connectivity index (χ4v) is 3.12. The third-order valence-electron chi connectivity index (χ3n) is 3.62. The van der Waals surface area contributed by atoms with Gasteiger partial charge in [0, 0.05) is 6.07 Å². The zero-order valence-corrected chi connectivity index (χ0v) is 16.4. The highest BCUT2D eigenvalue weighted by Gasteiger charge is 2.41. The molecule has 0 radical (unpaired) electrons. The SMILES string of the molecule is CCCOc1cnc(-c2cnc(OCC(F)(F)C(F)F)cn2)c(S(=O)(=O)CC)c1. The quantitative estimate of drug-likeness (QED) is 0.526. The van der Waals surface area contributed by atoms with E-state index in [0.29, 0.717) is 6.61 Å². The second-order valence-electron chi connectivity index (χ2n) is 5.86. The van der Waals surface area contributed by atoms with Crippen LogP contribution in [0.2, 0.25) is 0 Å². The number of hydrogen-bond donors (Lipinski definition) is 0. The van der Waals surface area contributed by atoms with Crippen LogP contribution in [-0.4, -0.2) is 54.7 Å². The Labute approximate surface area is 165 Å². The molecule has 0 fully saturated rings. The van der Waals surface area contributed by atoms with Crippen LogP contribution in [0.4, 0.5) is 17.6 Å². The molecule has 0 saturated carbocycles. The summed E-state index contributed by atoms with van der Waals surface area (Å²) in [5.74, 6) is -4.68. The number of sulfone groups is 1. The molecule has 2 aromatic rings. The van der Waals surface area contributed by atoms with Crippen LogP contribution in [-0.2, 0) is 9.84 Å². The van der Waals surface area contributed by atoms with Crippen molar-refractivity contribution >= 4 is 9.84 Å². The average Bonchev–Trinajstić information content (AvgIpc) is 2.71. The van der Waals surface area contributed by atoms with Gasteiger partial charge < -0.3 is 9.47 Å². The minimum absolute atomic E-state index is 0.00680. The summed E-state index contributed by atoms with van der Waals surface area (Å²) < 4.78 is 85.0. The maximum Gasteiger partial charge on any atom is 0.340 e. The molecule has 0 aliphatic heterocycles. The van der Waals surface area contributed by atoms with Crippen molar-refractivity contribution < 1.29 is 35.5 Å². The van der Waals surface area contributed by atoms with E-state index in [1.165, 1.54) is 19.2 Å². The maximum absolute atomic E-state index is 12.9. The zero-order valence-electron chi connectivity index (χ0n) is 15.6. The first-order valence-corrected chi connectivity index (χ1v) is 10.2. The Morgan fingerprint density at radius 1 is 1.07 bits per heavy atom. The van der Waals surface area contributed by atoms with Gasteiger partial charge in [0.25, 0.3) is 0 Å². The average molecular weight is 437 g/mol. The molecule has 0 saturated heterocycles. The highest BCUT2D eigenvalue weighted by Crippen LogP contribution is 2.29. The van der Waals surface area contributed by atoms with Gasteiger partial charge in [0.1, 0.15) is 17.1 Å². The van der Waals surface area contributed by atoms with Gasteiger partial charge in [-0.15, -0.1) is 0 Å². The Kier molecular flexibility index (Phi) is 7.33. The lowest BCUT2D eigenvalue weighted by Gasteiger charge is -2.15. The Bertz CT molecular complexity index is 925. The molecule has 0 atom stereocenters. The molecule has 29 heavy (non-hydrogen) atoms. The van der Waals surface area contributed by atoms with E-state index in [4.69, 9.17) is 4.74 Å².